The Morgan fingerprint density at radius 1 is 1.24 bits per heavy atom. The summed E-state index contributed by atoms with van der Waals surface area (Å²) in [5.41, 5.74) is 2.12. The van der Waals surface area contributed by atoms with E-state index in [0.717, 1.165) is 11.6 Å². The van der Waals surface area contributed by atoms with Crippen LogP contribution in [0.15, 0.2) is 23.2 Å². The van der Waals surface area contributed by atoms with Gasteiger partial charge in [-0.15, -0.1) is 0 Å². The lowest BCUT2D eigenvalue weighted by Crippen LogP contribution is -2.07. The maximum Gasteiger partial charge on any atom is 0.235 e. The van der Waals surface area contributed by atoms with Crippen LogP contribution in [-0.4, -0.2) is 23.5 Å². The van der Waals surface area contributed by atoms with Crippen molar-refractivity contribution >= 4 is 5.90 Å². The Morgan fingerprint density at radius 3 is 2.76 bits per heavy atom. The molecule has 90 valence electrons. The molecule has 1 aromatic heterocycles. The van der Waals surface area contributed by atoms with E-state index in [9.17, 15) is 0 Å². The van der Waals surface area contributed by atoms with Crippen LogP contribution < -0.4 is 0 Å². The van der Waals surface area contributed by atoms with Crippen molar-refractivity contribution in [2.24, 2.45) is 4.99 Å². The Balaban J connectivity index is 1.86. The van der Waals surface area contributed by atoms with Gasteiger partial charge in [0.15, 0.2) is 0 Å². The van der Waals surface area contributed by atoms with Gasteiger partial charge in [0.25, 0.3) is 0 Å². The van der Waals surface area contributed by atoms with E-state index in [-0.39, 0.29) is 6.04 Å². The Hall–Kier alpha value is -1.38. The third-order valence-electron chi connectivity index (χ3n) is 3.56. The molecule has 0 amide bonds. The molecular weight excluding hydrogens is 212 g/mol. The minimum atomic E-state index is 0.266. The number of hydrogen-bond acceptors (Lipinski definition) is 3. The number of pyridine rings is 1. The van der Waals surface area contributed by atoms with Gasteiger partial charge in [0.2, 0.25) is 5.90 Å². The van der Waals surface area contributed by atoms with Gasteiger partial charge in [-0.2, -0.15) is 0 Å². The molecule has 0 spiro atoms. The number of hydrogen-bond donors (Lipinski definition) is 0. The first kappa shape index (κ1) is 10.8. The van der Waals surface area contributed by atoms with Crippen molar-refractivity contribution in [3.63, 3.8) is 0 Å². The second-order valence-electron chi connectivity index (χ2n) is 5.02. The van der Waals surface area contributed by atoms with Crippen LogP contribution in [0.1, 0.15) is 49.9 Å². The fourth-order valence-electron chi connectivity index (χ4n) is 2.63. The first-order valence-corrected chi connectivity index (χ1v) is 6.51. The van der Waals surface area contributed by atoms with Gasteiger partial charge in [-0.1, -0.05) is 18.9 Å². The highest BCUT2D eigenvalue weighted by molar-refractivity contribution is 5.93. The van der Waals surface area contributed by atoms with Crippen molar-refractivity contribution in [1.82, 2.24) is 4.98 Å². The van der Waals surface area contributed by atoms with Gasteiger partial charge in [0.1, 0.15) is 12.3 Å². The molecule has 0 radical (unpaired) electrons. The predicted molar refractivity (Wildman–Crippen MR) is 67.4 cm³/mol. The largest absolute Gasteiger partial charge is 0.474 e. The molecule has 1 aliphatic heterocycles. The highest BCUT2D eigenvalue weighted by atomic mass is 16.5. The van der Waals surface area contributed by atoms with E-state index in [2.05, 4.69) is 24.0 Å². The molecule has 17 heavy (non-hydrogen) atoms. The molecule has 2 heterocycles. The van der Waals surface area contributed by atoms with E-state index < -0.39 is 0 Å². The van der Waals surface area contributed by atoms with Gasteiger partial charge in [-0.05, 0) is 31.9 Å². The van der Waals surface area contributed by atoms with Crippen LogP contribution in [0.5, 0.6) is 0 Å². The quantitative estimate of drug-likeness (QED) is 0.783. The lowest BCUT2D eigenvalue weighted by Gasteiger charge is -2.09. The van der Waals surface area contributed by atoms with Crippen LogP contribution >= 0.6 is 0 Å². The zero-order valence-electron chi connectivity index (χ0n) is 10.2. The Labute approximate surface area is 102 Å². The molecule has 1 saturated carbocycles. The van der Waals surface area contributed by atoms with Crippen molar-refractivity contribution in [2.45, 2.75) is 44.6 Å². The maximum absolute atomic E-state index is 5.56. The van der Waals surface area contributed by atoms with E-state index in [4.69, 9.17) is 9.72 Å². The summed E-state index contributed by atoms with van der Waals surface area (Å²) in [6.07, 6.45) is 5.23. The molecule has 3 rings (SSSR count). The fraction of sp³-hybridized carbons (Fsp3) is 0.571. The van der Waals surface area contributed by atoms with E-state index in [1.54, 1.807) is 0 Å². The molecule has 0 aromatic carbocycles. The minimum Gasteiger partial charge on any atom is -0.474 e. The number of aliphatic imine (C=N–C) groups is 1. The normalized spacial score (nSPS) is 24.8. The molecule has 1 aliphatic carbocycles. The average Bonchev–Trinajstić information content (AvgIpc) is 3.00. The highest BCUT2D eigenvalue weighted by Crippen LogP contribution is 2.33. The second kappa shape index (κ2) is 4.47. The molecular formula is C14H18N2O. The Bertz CT molecular complexity index is 436. The number of rotatable bonds is 2. The van der Waals surface area contributed by atoms with E-state index in [1.165, 1.54) is 31.4 Å². The molecule has 1 aromatic rings. The standard InChI is InChI=1S/C14H18N2O/c1-10-9-17-14(15-10)13-8-4-7-12(16-13)11-5-2-3-6-11/h4,7-8,10-11H,2-3,5-6,9H2,1H3/t10-/m1/s1. The predicted octanol–water partition coefficient (Wildman–Crippen LogP) is 2.90. The topological polar surface area (TPSA) is 34.5 Å². The summed E-state index contributed by atoms with van der Waals surface area (Å²) in [4.78, 5) is 9.17. The lowest BCUT2D eigenvalue weighted by molar-refractivity contribution is 0.323. The number of aromatic nitrogens is 1. The van der Waals surface area contributed by atoms with Gasteiger partial charge in [0, 0.05) is 11.6 Å². The maximum atomic E-state index is 5.56. The zero-order valence-corrected chi connectivity index (χ0v) is 10.2. The summed E-state index contributed by atoms with van der Waals surface area (Å²) in [5, 5.41) is 0. The lowest BCUT2D eigenvalue weighted by atomic mass is 10.0. The van der Waals surface area contributed by atoms with Crippen molar-refractivity contribution in [2.75, 3.05) is 6.61 Å². The van der Waals surface area contributed by atoms with Crippen molar-refractivity contribution in [3.05, 3.63) is 29.6 Å². The third kappa shape index (κ3) is 2.19. The Kier molecular flexibility index (Phi) is 2.83. The molecule has 3 heteroatoms. The molecule has 1 fully saturated rings. The van der Waals surface area contributed by atoms with Crippen molar-refractivity contribution in [1.29, 1.82) is 0 Å². The van der Waals surface area contributed by atoms with Crippen LogP contribution in [-0.2, 0) is 4.74 Å². The first-order chi connectivity index (χ1) is 8.33. The first-order valence-electron chi connectivity index (χ1n) is 6.51. The third-order valence-corrected chi connectivity index (χ3v) is 3.56. The van der Waals surface area contributed by atoms with Gasteiger partial charge >= 0.3 is 0 Å². The summed E-state index contributed by atoms with van der Waals surface area (Å²) in [6, 6.07) is 6.47. The van der Waals surface area contributed by atoms with E-state index in [0.29, 0.717) is 12.5 Å². The molecule has 0 bridgehead atoms. The zero-order chi connectivity index (χ0) is 11.7. The second-order valence-corrected chi connectivity index (χ2v) is 5.02. The average molecular weight is 230 g/mol. The SMILES string of the molecule is C[C@@H]1COC(c2cccc(C3CCCC3)n2)=N1. The Morgan fingerprint density at radius 2 is 2.06 bits per heavy atom. The van der Waals surface area contributed by atoms with E-state index in [1.807, 2.05) is 6.07 Å². The molecule has 2 aliphatic rings. The summed E-state index contributed by atoms with van der Waals surface area (Å²) in [6.45, 7) is 2.75. The van der Waals surface area contributed by atoms with Gasteiger partial charge < -0.3 is 4.74 Å². The molecule has 3 nitrogen and oxygen atoms in total. The van der Waals surface area contributed by atoms with Crippen molar-refractivity contribution < 1.29 is 4.74 Å². The molecule has 0 saturated heterocycles. The number of ether oxygens (including phenoxy) is 1. The van der Waals surface area contributed by atoms with Gasteiger partial charge in [-0.3, -0.25) is 0 Å². The summed E-state index contributed by atoms with van der Waals surface area (Å²) in [7, 11) is 0. The van der Waals surface area contributed by atoms with Gasteiger partial charge in [-0.25, -0.2) is 9.98 Å². The molecule has 0 N–H and O–H groups in total. The summed E-state index contributed by atoms with van der Waals surface area (Å²) in [5.74, 6) is 1.37. The summed E-state index contributed by atoms with van der Waals surface area (Å²) >= 11 is 0. The van der Waals surface area contributed by atoms with Gasteiger partial charge in [0.05, 0.1) is 6.04 Å². The van der Waals surface area contributed by atoms with Crippen LogP contribution in [0, 0.1) is 0 Å². The molecule has 0 unspecified atom stereocenters. The van der Waals surface area contributed by atoms with Crippen LogP contribution in [0.2, 0.25) is 0 Å². The summed E-state index contributed by atoms with van der Waals surface area (Å²) < 4.78 is 5.56. The smallest absolute Gasteiger partial charge is 0.235 e. The van der Waals surface area contributed by atoms with Crippen LogP contribution in [0.3, 0.4) is 0 Å². The number of nitrogens with zero attached hydrogens (tertiary/aromatic N) is 2. The molecule has 1 atom stereocenters. The monoisotopic (exact) mass is 230 g/mol. The minimum absolute atomic E-state index is 0.266. The van der Waals surface area contributed by atoms with Crippen LogP contribution in [0.4, 0.5) is 0 Å². The highest BCUT2D eigenvalue weighted by Gasteiger charge is 2.21. The van der Waals surface area contributed by atoms with Crippen molar-refractivity contribution in [3.8, 4) is 0 Å². The fourth-order valence-corrected chi connectivity index (χ4v) is 2.63. The van der Waals surface area contributed by atoms with E-state index >= 15 is 0 Å². The van der Waals surface area contributed by atoms with Crippen LogP contribution in [0.25, 0.3) is 0 Å².